The number of halogens is 2. The molecule has 0 saturated carbocycles. The van der Waals surface area contributed by atoms with Crippen LogP contribution in [0, 0.1) is 13.8 Å². The van der Waals surface area contributed by atoms with E-state index >= 15 is 0 Å². The molecule has 3 aromatic rings. The summed E-state index contributed by atoms with van der Waals surface area (Å²) < 4.78 is 28.0. The lowest BCUT2D eigenvalue weighted by Gasteiger charge is -2.26. The van der Waals surface area contributed by atoms with Crippen molar-refractivity contribution in [2.45, 2.75) is 39.0 Å². The van der Waals surface area contributed by atoms with Crippen molar-refractivity contribution in [2.75, 3.05) is 23.3 Å². The van der Waals surface area contributed by atoms with Crippen LogP contribution in [-0.4, -0.2) is 29.9 Å². The lowest BCUT2D eigenvalue weighted by Crippen LogP contribution is -2.30. The number of nitrogens with one attached hydrogen (secondary N) is 1. The number of rotatable bonds is 4. The second-order valence-electron chi connectivity index (χ2n) is 8.38. The van der Waals surface area contributed by atoms with Gasteiger partial charge in [0.25, 0.3) is 5.91 Å². The maximum absolute atomic E-state index is 14.0. The molecule has 0 atom stereocenters. The summed E-state index contributed by atoms with van der Waals surface area (Å²) in [6, 6.07) is 17.3. The molecule has 4 nitrogen and oxygen atoms in total. The first-order valence-electron chi connectivity index (χ1n) is 10.9. The van der Waals surface area contributed by atoms with Gasteiger partial charge in [0, 0.05) is 44.8 Å². The van der Waals surface area contributed by atoms with E-state index < -0.39 is 5.92 Å². The fraction of sp³-hybridized carbons (Fsp3) is 0.308. The fourth-order valence-electron chi connectivity index (χ4n) is 4.20. The van der Waals surface area contributed by atoms with E-state index in [1.807, 2.05) is 73.3 Å². The van der Waals surface area contributed by atoms with Gasteiger partial charge in [0.15, 0.2) is 0 Å². The predicted molar refractivity (Wildman–Crippen MR) is 127 cm³/mol. The van der Waals surface area contributed by atoms with Gasteiger partial charge in [-0.1, -0.05) is 42.5 Å². The van der Waals surface area contributed by atoms with Gasteiger partial charge in [-0.25, -0.2) is 13.8 Å². The SMILES string of the molecule is Cc1cccc(NC(=O)c2c(N3CCCC(F)(F)CC3)ncc(-c3ccccc3)c2C)c1.[HH]. The monoisotopic (exact) mass is 437 g/mol. The number of carbonyl (C=O) groups excluding carboxylic acids is 1. The summed E-state index contributed by atoms with van der Waals surface area (Å²) in [5.41, 5.74) is 4.74. The third-order valence-electron chi connectivity index (χ3n) is 5.92. The topological polar surface area (TPSA) is 45.2 Å². The molecule has 0 bridgehead atoms. The summed E-state index contributed by atoms with van der Waals surface area (Å²) in [5, 5.41) is 2.98. The summed E-state index contributed by atoms with van der Waals surface area (Å²) in [4.78, 5) is 19.9. The maximum Gasteiger partial charge on any atom is 0.259 e. The first-order valence-corrected chi connectivity index (χ1v) is 10.9. The Labute approximate surface area is 188 Å². The molecule has 1 saturated heterocycles. The van der Waals surface area contributed by atoms with Crippen molar-refractivity contribution in [3.8, 4) is 11.1 Å². The zero-order valence-corrected chi connectivity index (χ0v) is 18.4. The Kier molecular flexibility index (Phi) is 6.21. The van der Waals surface area contributed by atoms with Crippen LogP contribution in [0.3, 0.4) is 0 Å². The summed E-state index contributed by atoms with van der Waals surface area (Å²) in [7, 11) is 0. The van der Waals surface area contributed by atoms with E-state index in [-0.39, 0.29) is 26.7 Å². The molecule has 0 unspecified atom stereocenters. The molecule has 1 aliphatic rings. The lowest BCUT2D eigenvalue weighted by atomic mass is 9.97. The Morgan fingerprint density at radius 1 is 1.06 bits per heavy atom. The number of benzene rings is 2. The molecule has 32 heavy (non-hydrogen) atoms. The third kappa shape index (κ3) is 4.79. The zero-order chi connectivity index (χ0) is 22.7. The minimum Gasteiger partial charge on any atom is -0.356 e. The van der Waals surface area contributed by atoms with Gasteiger partial charge in [0.05, 0.1) is 5.56 Å². The van der Waals surface area contributed by atoms with Crippen LogP contribution in [0.25, 0.3) is 11.1 Å². The van der Waals surface area contributed by atoms with Gasteiger partial charge in [0.1, 0.15) is 5.82 Å². The van der Waals surface area contributed by atoms with Gasteiger partial charge in [-0.2, -0.15) is 0 Å². The number of carbonyl (C=O) groups is 1. The highest BCUT2D eigenvalue weighted by Gasteiger charge is 2.33. The van der Waals surface area contributed by atoms with Gasteiger partial charge in [-0.15, -0.1) is 0 Å². The molecular weight excluding hydrogens is 408 g/mol. The highest BCUT2D eigenvalue weighted by atomic mass is 19.3. The van der Waals surface area contributed by atoms with Crippen LogP contribution in [0.1, 0.15) is 42.2 Å². The molecular formula is C26H29F2N3O. The quantitative estimate of drug-likeness (QED) is 0.507. The van der Waals surface area contributed by atoms with Crippen molar-refractivity contribution in [1.29, 1.82) is 0 Å². The van der Waals surface area contributed by atoms with Crippen LogP contribution in [-0.2, 0) is 0 Å². The minimum atomic E-state index is -2.68. The number of nitrogens with zero attached hydrogens (tertiary/aromatic N) is 2. The molecule has 2 aromatic carbocycles. The zero-order valence-electron chi connectivity index (χ0n) is 18.4. The minimum absolute atomic E-state index is 0. The van der Waals surface area contributed by atoms with Crippen LogP contribution in [0.2, 0.25) is 0 Å². The van der Waals surface area contributed by atoms with E-state index in [2.05, 4.69) is 10.3 Å². The van der Waals surface area contributed by atoms with Crippen LogP contribution in [0.15, 0.2) is 60.8 Å². The van der Waals surface area contributed by atoms with Gasteiger partial charge in [-0.05, 0) is 49.1 Å². The second-order valence-corrected chi connectivity index (χ2v) is 8.38. The number of aromatic nitrogens is 1. The molecule has 0 spiro atoms. The maximum atomic E-state index is 14.0. The Balaban J connectivity index is 0.00000306. The van der Waals surface area contributed by atoms with E-state index in [0.717, 1.165) is 22.3 Å². The predicted octanol–water partition coefficient (Wildman–Crippen LogP) is 6.49. The smallest absolute Gasteiger partial charge is 0.259 e. The molecule has 0 aliphatic carbocycles. The fourth-order valence-corrected chi connectivity index (χ4v) is 4.20. The van der Waals surface area contributed by atoms with E-state index in [4.69, 9.17) is 0 Å². The summed E-state index contributed by atoms with van der Waals surface area (Å²) in [5.74, 6) is -2.51. The number of anilines is 2. The molecule has 1 aromatic heterocycles. The van der Waals surface area contributed by atoms with Gasteiger partial charge in [0.2, 0.25) is 5.92 Å². The van der Waals surface area contributed by atoms with E-state index in [1.54, 1.807) is 6.20 Å². The van der Waals surface area contributed by atoms with E-state index in [0.29, 0.717) is 30.0 Å². The van der Waals surface area contributed by atoms with Crippen LogP contribution in [0.5, 0.6) is 0 Å². The second kappa shape index (κ2) is 9.07. The summed E-state index contributed by atoms with van der Waals surface area (Å²) >= 11 is 0. The van der Waals surface area contributed by atoms with Crippen molar-refractivity contribution in [2.24, 2.45) is 0 Å². The Morgan fingerprint density at radius 2 is 1.84 bits per heavy atom. The first kappa shape index (κ1) is 21.9. The van der Waals surface area contributed by atoms with Crippen molar-refractivity contribution < 1.29 is 15.0 Å². The Bertz CT molecular complexity index is 1120. The highest BCUT2D eigenvalue weighted by molar-refractivity contribution is 6.09. The molecule has 0 radical (unpaired) electrons. The van der Waals surface area contributed by atoms with Crippen molar-refractivity contribution in [1.82, 2.24) is 4.98 Å². The number of hydrogen-bond donors (Lipinski definition) is 1. The molecule has 2 heterocycles. The third-order valence-corrected chi connectivity index (χ3v) is 5.92. The van der Waals surface area contributed by atoms with Crippen LogP contribution >= 0.6 is 0 Å². The molecule has 6 heteroatoms. The number of alkyl halides is 2. The Morgan fingerprint density at radius 3 is 2.59 bits per heavy atom. The largest absolute Gasteiger partial charge is 0.356 e. The number of hydrogen-bond acceptors (Lipinski definition) is 3. The summed E-state index contributed by atoms with van der Waals surface area (Å²) in [6.07, 6.45) is 1.71. The van der Waals surface area contributed by atoms with Gasteiger partial charge >= 0.3 is 0 Å². The Hall–Kier alpha value is -3.28. The normalized spacial score (nSPS) is 15.8. The highest BCUT2D eigenvalue weighted by Crippen LogP contribution is 2.34. The van der Waals surface area contributed by atoms with Gasteiger partial charge in [-0.3, -0.25) is 4.79 Å². The number of pyridine rings is 1. The summed E-state index contributed by atoms with van der Waals surface area (Å²) in [6.45, 7) is 4.46. The molecule has 1 N–H and O–H groups in total. The molecule has 1 aliphatic heterocycles. The number of aryl methyl sites for hydroxylation is 1. The van der Waals surface area contributed by atoms with E-state index in [9.17, 15) is 13.6 Å². The molecule has 168 valence electrons. The molecule has 1 amide bonds. The molecule has 1 fully saturated rings. The van der Waals surface area contributed by atoms with Crippen LogP contribution < -0.4 is 10.2 Å². The van der Waals surface area contributed by atoms with Crippen molar-refractivity contribution in [3.05, 3.63) is 77.5 Å². The van der Waals surface area contributed by atoms with E-state index in [1.165, 1.54) is 0 Å². The van der Waals surface area contributed by atoms with Gasteiger partial charge < -0.3 is 10.2 Å². The lowest BCUT2D eigenvalue weighted by molar-refractivity contribution is -0.0102. The van der Waals surface area contributed by atoms with Crippen molar-refractivity contribution >= 4 is 17.4 Å². The number of amides is 1. The molecule has 4 rings (SSSR count). The average molecular weight is 438 g/mol. The standard InChI is InChI=1S/C26H27F2N3O.H2/c1-18-8-6-11-21(16-18)30-25(32)23-19(2)22(20-9-4-3-5-10-20)17-29-24(23)31-14-7-12-26(27,28)13-15-31;/h3-6,8-11,16-17H,7,12-15H2,1-2H3,(H,30,32);1H. The van der Waals surface area contributed by atoms with Crippen molar-refractivity contribution in [3.63, 3.8) is 0 Å². The first-order chi connectivity index (χ1) is 15.3. The van der Waals surface area contributed by atoms with Crippen LogP contribution in [0.4, 0.5) is 20.3 Å². The average Bonchev–Trinajstić information content (AvgIpc) is 2.94.